The molecule has 2 aliphatic rings. The largest absolute Gasteiger partial charge is 1.00 e. The smallest absolute Gasteiger partial charge is 0.404 e. The van der Waals surface area contributed by atoms with E-state index in [0.717, 1.165) is 5.56 Å². The van der Waals surface area contributed by atoms with E-state index in [9.17, 15) is 4.39 Å². The number of anilines is 2. The zero-order chi connectivity index (χ0) is 34.7. The fourth-order valence-electron chi connectivity index (χ4n) is 6.04. The van der Waals surface area contributed by atoms with Gasteiger partial charge in [0.25, 0.3) is 0 Å². The summed E-state index contributed by atoms with van der Waals surface area (Å²) >= 11 is 0. The van der Waals surface area contributed by atoms with Crippen LogP contribution in [0, 0.1) is 18.9 Å². The van der Waals surface area contributed by atoms with Crippen molar-refractivity contribution in [3.05, 3.63) is 120 Å². The summed E-state index contributed by atoms with van der Waals surface area (Å²) in [5.41, 5.74) is 8.43. The van der Waals surface area contributed by atoms with Gasteiger partial charge in [-0.2, -0.15) is 24.1 Å². The molecular weight excluding hydrogens is 646 g/mol. The SMILES string of the molecule is CC(C)c1cccc(C(C)C)c1N1[C]N(c2c(C(C)C)cccc2C(C)C)C=C1.CC1(C)OB(C[CH-]c2ccc(F)cc2)OC1(C)C.[Cu+]. The average Bonchev–Trinajstić information content (AvgIpc) is 3.57. The molecule has 0 unspecified atom stereocenters. The van der Waals surface area contributed by atoms with Gasteiger partial charge < -0.3 is 19.1 Å². The van der Waals surface area contributed by atoms with Crippen molar-refractivity contribution in [2.75, 3.05) is 9.80 Å². The third-order valence-electron chi connectivity index (χ3n) is 9.47. The number of hydrogen-bond donors (Lipinski definition) is 0. The minimum Gasteiger partial charge on any atom is -0.404 e. The molecule has 0 saturated carbocycles. The first-order valence-electron chi connectivity index (χ1n) is 17.3. The fraction of sp³-hybridized carbons (Fsp3) is 0.463. The summed E-state index contributed by atoms with van der Waals surface area (Å²) in [6, 6.07) is 19.8. The maximum absolute atomic E-state index is 12.8. The number of rotatable bonds is 9. The Morgan fingerprint density at radius 1 is 0.646 bits per heavy atom. The Kier molecular flexibility index (Phi) is 13.5. The Bertz CT molecular complexity index is 1380. The second-order valence-electron chi connectivity index (χ2n) is 15.0. The van der Waals surface area contributed by atoms with Gasteiger partial charge in [-0.1, -0.05) is 104 Å². The van der Waals surface area contributed by atoms with Gasteiger partial charge in [-0.25, -0.2) is 4.39 Å². The van der Waals surface area contributed by atoms with Gasteiger partial charge in [-0.05, 0) is 79.9 Å². The fourth-order valence-corrected chi connectivity index (χ4v) is 6.04. The molecule has 1 saturated heterocycles. The standard InChI is InChI=1S/C27H36N2.C14H19BFO2.Cu/c1-18(2)22-11-9-12-23(19(3)4)26(22)28-15-16-29(17-28)27-24(20(5)6)13-10-14-25(27)21(7)8;1-13(2)14(3,4)18-15(17-13)10-9-11-5-7-12(16)8-6-11;/h9-16,18-21H,1-8H3;5-9H,10H2,1-4H3;/q;-1;+1. The molecular formula is C41H55BCuFN2O2. The summed E-state index contributed by atoms with van der Waals surface area (Å²) in [5, 5.41) is 0. The van der Waals surface area contributed by atoms with Crippen LogP contribution in [0.2, 0.25) is 6.32 Å². The van der Waals surface area contributed by atoms with E-state index >= 15 is 0 Å². The Hall–Kier alpha value is -2.70. The molecule has 0 aliphatic carbocycles. The Labute approximate surface area is 302 Å². The van der Waals surface area contributed by atoms with Crippen molar-refractivity contribution in [1.29, 1.82) is 0 Å². The first kappa shape index (κ1) is 39.7. The number of nitrogens with zero attached hydrogens (tertiary/aromatic N) is 2. The molecule has 0 N–H and O–H groups in total. The molecule has 0 atom stereocenters. The van der Waals surface area contributed by atoms with Crippen LogP contribution in [0.1, 0.15) is 135 Å². The van der Waals surface area contributed by atoms with Crippen LogP contribution < -0.4 is 9.80 Å². The van der Waals surface area contributed by atoms with Gasteiger partial charge in [0.1, 0.15) is 0 Å². The zero-order valence-corrected chi connectivity index (χ0v) is 31.9. The van der Waals surface area contributed by atoms with Crippen molar-refractivity contribution in [3.63, 3.8) is 0 Å². The molecule has 3 aromatic rings. The quantitative estimate of drug-likeness (QED) is 0.164. The van der Waals surface area contributed by atoms with Crippen molar-refractivity contribution >= 4 is 18.5 Å². The molecule has 48 heavy (non-hydrogen) atoms. The second kappa shape index (κ2) is 16.3. The summed E-state index contributed by atoms with van der Waals surface area (Å²) < 4.78 is 24.5. The number of hydrogen-bond acceptors (Lipinski definition) is 4. The predicted molar refractivity (Wildman–Crippen MR) is 197 cm³/mol. The minimum absolute atomic E-state index is 0. The van der Waals surface area contributed by atoms with Crippen LogP contribution in [0.15, 0.2) is 73.1 Å². The molecule has 2 heterocycles. The van der Waals surface area contributed by atoms with Crippen LogP contribution in [-0.4, -0.2) is 18.3 Å². The Balaban J connectivity index is 0.000000283. The molecule has 1 fully saturated rings. The maximum Gasteiger partial charge on any atom is 1.00 e. The molecule has 0 bridgehead atoms. The topological polar surface area (TPSA) is 24.9 Å². The van der Waals surface area contributed by atoms with Crippen LogP contribution >= 0.6 is 0 Å². The van der Waals surface area contributed by atoms with Gasteiger partial charge in [0.2, 0.25) is 6.67 Å². The molecule has 262 valence electrons. The van der Waals surface area contributed by atoms with Gasteiger partial charge >= 0.3 is 24.2 Å². The van der Waals surface area contributed by atoms with E-state index in [1.165, 1.54) is 45.8 Å². The molecule has 7 heteroatoms. The monoisotopic (exact) mass is 700 g/mol. The molecule has 3 aromatic carbocycles. The number of halogens is 1. The molecule has 0 aromatic heterocycles. The van der Waals surface area contributed by atoms with Crippen molar-refractivity contribution in [3.8, 4) is 0 Å². The number of benzene rings is 3. The summed E-state index contributed by atoms with van der Waals surface area (Å²) in [6.45, 7) is 29.9. The molecule has 2 radical (unpaired) electrons. The molecule has 2 aliphatic heterocycles. The van der Waals surface area contributed by atoms with Crippen LogP contribution in [0.4, 0.5) is 15.8 Å². The molecule has 0 amide bonds. The summed E-state index contributed by atoms with van der Waals surface area (Å²) in [4.78, 5) is 4.40. The van der Waals surface area contributed by atoms with E-state index in [1.54, 1.807) is 12.1 Å². The van der Waals surface area contributed by atoms with E-state index in [0.29, 0.717) is 30.0 Å². The van der Waals surface area contributed by atoms with Crippen LogP contribution in [-0.2, 0) is 26.4 Å². The summed E-state index contributed by atoms with van der Waals surface area (Å²) in [7, 11) is -0.236. The first-order valence-corrected chi connectivity index (χ1v) is 17.3. The number of para-hydroxylation sites is 2. The molecule has 5 rings (SSSR count). The van der Waals surface area contributed by atoms with Crippen LogP contribution in [0.25, 0.3) is 0 Å². The van der Waals surface area contributed by atoms with Crippen molar-refractivity contribution in [2.45, 2.75) is 124 Å². The minimum atomic E-state index is -0.297. The first-order chi connectivity index (χ1) is 22.0. The van der Waals surface area contributed by atoms with Gasteiger partial charge in [0.05, 0.1) is 28.4 Å². The van der Waals surface area contributed by atoms with Crippen molar-refractivity contribution in [1.82, 2.24) is 0 Å². The maximum atomic E-state index is 12.8. The van der Waals surface area contributed by atoms with E-state index in [1.807, 2.05) is 34.1 Å². The third-order valence-corrected chi connectivity index (χ3v) is 9.47. The van der Waals surface area contributed by atoms with E-state index < -0.39 is 0 Å². The molecule has 4 nitrogen and oxygen atoms in total. The van der Waals surface area contributed by atoms with Gasteiger partial charge in [0.15, 0.2) is 0 Å². The second-order valence-corrected chi connectivity index (χ2v) is 15.0. The summed E-state index contributed by atoms with van der Waals surface area (Å²) in [5.74, 6) is 1.62. The predicted octanol–water partition coefficient (Wildman–Crippen LogP) is 11.4. The van der Waals surface area contributed by atoms with E-state index in [4.69, 9.17) is 9.31 Å². The normalized spacial score (nSPS) is 16.6. The Morgan fingerprint density at radius 3 is 1.33 bits per heavy atom. The zero-order valence-electron chi connectivity index (χ0n) is 31.0. The van der Waals surface area contributed by atoms with Gasteiger partial charge in [-0.3, -0.25) is 0 Å². The molecule has 0 spiro atoms. The van der Waals surface area contributed by atoms with Crippen LogP contribution in [0.3, 0.4) is 0 Å². The summed E-state index contributed by atoms with van der Waals surface area (Å²) in [6.07, 6.45) is 6.99. The average molecular weight is 701 g/mol. The van der Waals surface area contributed by atoms with Crippen LogP contribution in [0.5, 0.6) is 0 Å². The Morgan fingerprint density at radius 2 is 1.00 bits per heavy atom. The third kappa shape index (κ3) is 9.10. The van der Waals surface area contributed by atoms with Gasteiger partial charge in [-0.15, -0.1) is 0 Å². The van der Waals surface area contributed by atoms with Crippen molar-refractivity contribution < 1.29 is 30.8 Å². The van der Waals surface area contributed by atoms with E-state index in [2.05, 4.69) is 121 Å². The van der Waals surface area contributed by atoms with Crippen molar-refractivity contribution in [2.24, 2.45) is 0 Å². The van der Waals surface area contributed by atoms with E-state index in [-0.39, 0.29) is 41.2 Å². The van der Waals surface area contributed by atoms with Gasteiger partial charge in [0, 0.05) is 12.4 Å².